The molecule has 0 saturated heterocycles. The predicted molar refractivity (Wildman–Crippen MR) is 178 cm³/mol. The molecule has 2 nitrogen and oxygen atoms in total. The van der Waals surface area contributed by atoms with Crippen LogP contribution in [-0.4, -0.2) is 9.97 Å². The van der Waals surface area contributed by atoms with E-state index in [1.165, 1.54) is 21.5 Å². The first kappa shape index (κ1) is 25.0. The molecule has 0 unspecified atom stereocenters. The van der Waals surface area contributed by atoms with E-state index in [4.69, 9.17) is 33.2 Å². The van der Waals surface area contributed by atoms with Crippen molar-refractivity contribution >= 4 is 66.6 Å². The van der Waals surface area contributed by atoms with Crippen LogP contribution in [0.4, 0.5) is 0 Å². The average Bonchev–Trinajstić information content (AvgIpc) is 3.04. The highest BCUT2D eigenvalue weighted by atomic mass is 35.5. The van der Waals surface area contributed by atoms with E-state index in [0.29, 0.717) is 10.0 Å². The number of nitrogens with zero attached hydrogens (tertiary/aromatic N) is 2. The van der Waals surface area contributed by atoms with E-state index in [1.807, 2.05) is 48.5 Å². The summed E-state index contributed by atoms with van der Waals surface area (Å²) < 4.78 is 0. The number of aromatic nitrogens is 2. The molecule has 0 radical (unpaired) electrons. The molecule has 4 heteroatoms. The van der Waals surface area contributed by atoms with Crippen LogP contribution in [0, 0.1) is 0 Å². The smallest absolute Gasteiger partial charge is 0.0788 e. The summed E-state index contributed by atoms with van der Waals surface area (Å²) in [5, 5.41) is 8.26. The van der Waals surface area contributed by atoms with Crippen molar-refractivity contribution in [2.75, 3.05) is 0 Å². The van der Waals surface area contributed by atoms with Crippen LogP contribution in [0.3, 0.4) is 0 Å². The molecule has 0 spiro atoms. The van der Waals surface area contributed by atoms with Gasteiger partial charge in [-0.2, -0.15) is 0 Å². The van der Waals surface area contributed by atoms with E-state index in [0.717, 1.165) is 55.4 Å². The van der Waals surface area contributed by atoms with Gasteiger partial charge in [0, 0.05) is 43.1 Å². The third kappa shape index (κ3) is 4.19. The SMILES string of the molecule is Clc1ccc(-c2nc3ccc4ccccc4c3cc2-c2cc3c(ccc4ccccc43)nc2-c2ccc(Cl)cc2)cc1. The minimum atomic E-state index is 0.688. The minimum absolute atomic E-state index is 0.688. The standard InChI is InChI=1S/C38H22Cl2N2/c39-27-15-9-25(10-16-27)37-33(21-31-29-7-3-1-5-23(29)13-19-35(31)41-37)34-22-32-30-8-4-2-6-24(30)14-20-36(32)42-38(34)26-11-17-28(40)18-12-26/h1-22H. The Balaban J connectivity index is 1.53. The molecule has 0 aliphatic rings. The third-order valence-electron chi connectivity index (χ3n) is 7.97. The maximum Gasteiger partial charge on any atom is 0.0788 e. The van der Waals surface area contributed by atoms with Crippen LogP contribution in [0.15, 0.2) is 133 Å². The van der Waals surface area contributed by atoms with E-state index >= 15 is 0 Å². The summed E-state index contributed by atoms with van der Waals surface area (Å²) in [4.78, 5) is 10.6. The zero-order valence-electron chi connectivity index (χ0n) is 22.4. The van der Waals surface area contributed by atoms with Crippen molar-refractivity contribution in [1.29, 1.82) is 0 Å². The minimum Gasteiger partial charge on any atom is -0.247 e. The largest absolute Gasteiger partial charge is 0.247 e. The molecule has 0 atom stereocenters. The summed E-state index contributed by atoms with van der Waals surface area (Å²) in [5.41, 5.74) is 7.64. The van der Waals surface area contributed by atoms with Crippen LogP contribution >= 0.6 is 23.2 Å². The van der Waals surface area contributed by atoms with Crippen molar-refractivity contribution in [2.24, 2.45) is 0 Å². The maximum absolute atomic E-state index is 6.31. The Hall–Kier alpha value is -4.76. The van der Waals surface area contributed by atoms with Crippen molar-refractivity contribution in [3.05, 3.63) is 144 Å². The van der Waals surface area contributed by atoms with Gasteiger partial charge in [0.25, 0.3) is 0 Å². The molecule has 2 aromatic heterocycles. The van der Waals surface area contributed by atoms with Gasteiger partial charge in [0.05, 0.1) is 22.4 Å². The lowest BCUT2D eigenvalue weighted by Crippen LogP contribution is -1.97. The molecule has 0 aliphatic carbocycles. The Morgan fingerprint density at radius 1 is 0.381 bits per heavy atom. The number of halogens is 2. The first-order chi connectivity index (χ1) is 20.6. The van der Waals surface area contributed by atoms with Gasteiger partial charge in [0.15, 0.2) is 0 Å². The molecule has 42 heavy (non-hydrogen) atoms. The lowest BCUT2D eigenvalue weighted by molar-refractivity contribution is 1.37. The summed E-state index contributed by atoms with van der Waals surface area (Å²) in [7, 11) is 0. The highest BCUT2D eigenvalue weighted by molar-refractivity contribution is 6.31. The van der Waals surface area contributed by atoms with E-state index in [1.54, 1.807) is 0 Å². The van der Waals surface area contributed by atoms with Crippen molar-refractivity contribution in [1.82, 2.24) is 9.97 Å². The van der Waals surface area contributed by atoms with Crippen LogP contribution in [0.2, 0.25) is 10.0 Å². The van der Waals surface area contributed by atoms with Gasteiger partial charge in [0.1, 0.15) is 0 Å². The van der Waals surface area contributed by atoms with Crippen molar-refractivity contribution in [2.45, 2.75) is 0 Å². The molecule has 0 N–H and O–H groups in total. The van der Waals surface area contributed by atoms with E-state index in [-0.39, 0.29) is 0 Å². The Bertz CT molecular complexity index is 2140. The maximum atomic E-state index is 6.31. The first-order valence-electron chi connectivity index (χ1n) is 13.8. The Morgan fingerprint density at radius 2 is 0.786 bits per heavy atom. The molecule has 6 aromatic carbocycles. The molecule has 2 heterocycles. The van der Waals surface area contributed by atoms with Crippen molar-refractivity contribution < 1.29 is 0 Å². The number of pyridine rings is 2. The van der Waals surface area contributed by atoms with Crippen molar-refractivity contribution in [3.63, 3.8) is 0 Å². The van der Waals surface area contributed by atoms with Gasteiger partial charge in [-0.05, 0) is 70.1 Å². The Kier molecular flexibility index (Phi) is 5.92. The summed E-state index contributed by atoms with van der Waals surface area (Å²) in [6.07, 6.45) is 0. The topological polar surface area (TPSA) is 25.8 Å². The molecule has 0 bridgehead atoms. The first-order valence-corrected chi connectivity index (χ1v) is 14.6. The zero-order valence-corrected chi connectivity index (χ0v) is 23.9. The van der Waals surface area contributed by atoms with Gasteiger partial charge in [-0.15, -0.1) is 0 Å². The van der Waals surface area contributed by atoms with E-state index in [9.17, 15) is 0 Å². The second kappa shape index (κ2) is 9.95. The molecule has 0 aliphatic heterocycles. The highest BCUT2D eigenvalue weighted by Crippen LogP contribution is 2.42. The third-order valence-corrected chi connectivity index (χ3v) is 8.48. The Morgan fingerprint density at radius 3 is 1.21 bits per heavy atom. The van der Waals surface area contributed by atoms with Crippen LogP contribution in [0.1, 0.15) is 0 Å². The van der Waals surface area contributed by atoms with E-state index < -0.39 is 0 Å². The number of hydrogen-bond donors (Lipinski definition) is 0. The summed E-state index contributed by atoms with van der Waals surface area (Å²) in [6.45, 7) is 0. The highest BCUT2D eigenvalue weighted by Gasteiger charge is 2.19. The van der Waals surface area contributed by atoms with Crippen LogP contribution in [-0.2, 0) is 0 Å². The fraction of sp³-hybridized carbons (Fsp3) is 0. The van der Waals surface area contributed by atoms with Gasteiger partial charge in [-0.3, -0.25) is 0 Å². The van der Waals surface area contributed by atoms with Gasteiger partial charge in [-0.25, -0.2) is 9.97 Å². The summed E-state index contributed by atoms with van der Waals surface area (Å²) >= 11 is 12.6. The van der Waals surface area contributed by atoms with Crippen LogP contribution < -0.4 is 0 Å². The normalized spacial score (nSPS) is 11.6. The quantitative estimate of drug-likeness (QED) is 0.195. The molecule has 198 valence electrons. The fourth-order valence-electron chi connectivity index (χ4n) is 5.92. The molecule has 0 amide bonds. The number of rotatable bonds is 3. The Labute approximate surface area is 252 Å². The lowest BCUT2D eigenvalue weighted by Gasteiger charge is -2.17. The average molecular weight is 578 g/mol. The number of hydrogen-bond acceptors (Lipinski definition) is 2. The second-order valence-corrected chi connectivity index (χ2v) is 11.4. The number of fused-ring (bicyclic) bond motifs is 6. The van der Waals surface area contributed by atoms with E-state index in [2.05, 4.69) is 84.9 Å². The second-order valence-electron chi connectivity index (χ2n) is 10.5. The van der Waals surface area contributed by atoms with Crippen LogP contribution in [0.25, 0.3) is 77.0 Å². The van der Waals surface area contributed by atoms with Gasteiger partial charge >= 0.3 is 0 Å². The monoisotopic (exact) mass is 576 g/mol. The van der Waals surface area contributed by atoms with Gasteiger partial charge < -0.3 is 0 Å². The summed E-state index contributed by atoms with van der Waals surface area (Å²) in [5.74, 6) is 0. The number of benzene rings is 6. The lowest BCUT2D eigenvalue weighted by atomic mass is 9.91. The summed E-state index contributed by atoms with van der Waals surface area (Å²) in [6, 6.07) is 45.8. The molecule has 0 saturated carbocycles. The molecular weight excluding hydrogens is 555 g/mol. The van der Waals surface area contributed by atoms with Gasteiger partial charge in [0.2, 0.25) is 0 Å². The molecule has 0 fully saturated rings. The zero-order chi connectivity index (χ0) is 28.2. The molecule has 8 aromatic rings. The predicted octanol–water partition coefficient (Wildman–Crippen LogP) is 11.4. The van der Waals surface area contributed by atoms with Gasteiger partial charge in [-0.1, -0.05) is 108 Å². The molecule has 8 rings (SSSR count). The molecular formula is C38H22Cl2N2. The fourth-order valence-corrected chi connectivity index (χ4v) is 6.17. The van der Waals surface area contributed by atoms with Crippen molar-refractivity contribution in [3.8, 4) is 33.6 Å². The van der Waals surface area contributed by atoms with Crippen LogP contribution in [0.5, 0.6) is 0 Å².